The summed E-state index contributed by atoms with van der Waals surface area (Å²) in [7, 11) is 0. The quantitative estimate of drug-likeness (QED) is 0.619. The summed E-state index contributed by atoms with van der Waals surface area (Å²) in [6.07, 6.45) is 3.49. The minimum atomic E-state index is -1.89. The molecule has 1 atom stereocenters. The zero-order valence-corrected chi connectivity index (χ0v) is 9.75. The zero-order valence-electron chi connectivity index (χ0n) is 9.75. The van der Waals surface area contributed by atoms with Crippen molar-refractivity contribution in [2.45, 2.75) is 45.1 Å². The highest BCUT2D eigenvalue weighted by Crippen LogP contribution is 2.49. The number of carboxylic acid groups (broad SMARTS) is 1. The molecular formula is C11H19NO4. The van der Waals surface area contributed by atoms with Gasteiger partial charge >= 0.3 is 5.97 Å². The van der Waals surface area contributed by atoms with Gasteiger partial charge < -0.3 is 15.5 Å². The molecule has 5 nitrogen and oxygen atoms in total. The first kappa shape index (κ1) is 13.0. The van der Waals surface area contributed by atoms with E-state index < -0.39 is 11.6 Å². The molecule has 1 saturated carbocycles. The highest BCUT2D eigenvalue weighted by molar-refractivity contribution is 5.86. The minimum absolute atomic E-state index is 0.129. The lowest BCUT2D eigenvalue weighted by Crippen LogP contribution is -2.48. The lowest BCUT2D eigenvalue weighted by molar-refractivity contribution is -0.156. The fraction of sp³-hybridized carbons (Fsp3) is 0.818. The van der Waals surface area contributed by atoms with Crippen LogP contribution < -0.4 is 5.32 Å². The highest BCUT2D eigenvalue weighted by Gasteiger charge is 2.49. The number of hydrogen-bond acceptors (Lipinski definition) is 3. The molecule has 0 aliphatic heterocycles. The predicted molar refractivity (Wildman–Crippen MR) is 57.8 cm³/mol. The highest BCUT2D eigenvalue weighted by atomic mass is 16.4. The van der Waals surface area contributed by atoms with E-state index in [-0.39, 0.29) is 17.9 Å². The number of carbonyl (C=O) groups is 2. The average molecular weight is 229 g/mol. The minimum Gasteiger partial charge on any atom is -0.479 e. The Kier molecular flexibility index (Phi) is 3.57. The molecule has 3 N–H and O–H groups in total. The number of nitrogens with one attached hydrogen (secondary N) is 1. The molecule has 1 rings (SSSR count). The Morgan fingerprint density at radius 3 is 2.38 bits per heavy atom. The van der Waals surface area contributed by atoms with Gasteiger partial charge in [-0.15, -0.1) is 0 Å². The summed E-state index contributed by atoms with van der Waals surface area (Å²) in [6.45, 7) is 2.95. The second-order valence-corrected chi connectivity index (χ2v) is 4.79. The van der Waals surface area contributed by atoms with Crippen molar-refractivity contribution < 1.29 is 19.8 Å². The van der Waals surface area contributed by atoms with E-state index in [1.165, 1.54) is 6.92 Å². The third-order valence-electron chi connectivity index (χ3n) is 3.12. The van der Waals surface area contributed by atoms with Gasteiger partial charge in [0.1, 0.15) is 0 Å². The number of amides is 1. The fourth-order valence-corrected chi connectivity index (χ4v) is 1.74. The maximum atomic E-state index is 11.8. The van der Waals surface area contributed by atoms with Crippen molar-refractivity contribution in [1.29, 1.82) is 0 Å². The fourth-order valence-electron chi connectivity index (χ4n) is 1.74. The Labute approximate surface area is 94.8 Å². The van der Waals surface area contributed by atoms with E-state index in [0.717, 1.165) is 25.7 Å². The van der Waals surface area contributed by atoms with Gasteiger partial charge in [-0.2, -0.15) is 0 Å². The summed E-state index contributed by atoms with van der Waals surface area (Å²) in [5.74, 6) is -1.45. The Hall–Kier alpha value is -1.10. The molecule has 0 spiro atoms. The molecule has 92 valence electrons. The van der Waals surface area contributed by atoms with Crippen molar-refractivity contribution in [2.75, 3.05) is 6.54 Å². The standard InChI is InChI=1S/C11H19NO4/c1-3-4-11(5-6-11)8(13)12-7-10(2,16)9(14)15/h16H,3-7H2,1-2H3,(H,12,13)(H,14,15). The lowest BCUT2D eigenvalue weighted by atomic mass is 9.99. The Balaban J connectivity index is 2.45. The molecule has 0 bridgehead atoms. The van der Waals surface area contributed by atoms with E-state index in [2.05, 4.69) is 5.32 Å². The summed E-state index contributed by atoms with van der Waals surface area (Å²) in [4.78, 5) is 22.4. The van der Waals surface area contributed by atoms with Crippen LogP contribution >= 0.6 is 0 Å². The number of aliphatic hydroxyl groups is 1. The van der Waals surface area contributed by atoms with Gasteiger partial charge in [0.05, 0.1) is 6.54 Å². The summed E-state index contributed by atoms with van der Waals surface area (Å²) < 4.78 is 0. The van der Waals surface area contributed by atoms with Gasteiger partial charge in [-0.05, 0) is 26.2 Å². The second kappa shape index (κ2) is 4.41. The second-order valence-electron chi connectivity index (χ2n) is 4.79. The van der Waals surface area contributed by atoms with E-state index in [4.69, 9.17) is 5.11 Å². The Bertz CT molecular complexity index is 294. The molecular weight excluding hydrogens is 210 g/mol. The molecule has 0 heterocycles. The molecule has 0 aromatic heterocycles. The van der Waals surface area contributed by atoms with Crippen LogP contribution in [0.3, 0.4) is 0 Å². The third kappa shape index (κ3) is 2.72. The first-order valence-corrected chi connectivity index (χ1v) is 5.58. The van der Waals surface area contributed by atoms with E-state index >= 15 is 0 Å². The summed E-state index contributed by atoms with van der Waals surface area (Å²) in [5, 5.41) is 20.6. The van der Waals surface area contributed by atoms with Crippen molar-refractivity contribution in [3.8, 4) is 0 Å². The molecule has 0 aromatic carbocycles. The number of carboxylic acids is 1. The predicted octanol–water partition coefficient (Wildman–Crippen LogP) is 0.518. The van der Waals surface area contributed by atoms with Crippen molar-refractivity contribution in [3.63, 3.8) is 0 Å². The normalized spacial score (nSPS) is 20.9. The van der Waals surface area contributed by atoms with Crippen LogP contribution in [0.5, 0.6) is 0 Å². The summed E-state index contributed by atoms with van der Waals surface area (Å²) in [6, 6.07) is 0. The molecule has 0 radical (unpaired) electrons. The number of rotatable bonds is 6. The maximum Gasteiger partial charge on any atom is 0.337 e. The summed E-state index contributed by atoms with van der Waals surface area (Å²) in [5.41, 5.74) is -2.18. The van der Waals surface area contributed by atoms with E-state index in [1.54, 1.807) is 0 Å². The van der Waals surface area contributed by atoms with Crippen LogP contribution in [-0.4, -0.2) is 34.2 Å². The first-order chi connectivity index (χ1) is 7.34. The van der Waals surface area contributed by atoms with Crippen molar-refractivity contribution in [3.05, 3.63) is 0 Å². The number of carbonyl (C=O) groups excluding carboxylic acids is 1. The largest absolute Gasteiger partial charge is 0.479 e. The number of aliphatic carboxylic acids is 1. The van der Waals surface area contributed by atoms with E-state index in [9.17, 15) is 14.7 Å². The SMILES string of the molecule is CCCC1(C(=O)NCC(C)(O)C(=O)O)CC1. The monoisotopic (exact) mass is 229 g/mol. The Morgan fingerprint density at radius 2 is 2.00 bits per heavy atom. The maximum absolute atomic E-state index is 11.8. The molecule has 0 saturated heterocycles. The van der Waals surface area contributed by atoms with E-state index in [1.807, 2.05) is 6.92 Å². The molecule has 1 amide bonds. The van der Waals surface area contributed by atoms with Gasteiger partial charge in [0, 0.05) is 5.41 Å². The molecule has 1 fully saturated rings. The number of hydrogen-bond donors (Lipinski definition) is 3. The van der Waals surface area contributed by atoms with Gasteiger partial charge in [-0.1, -0.05) is 13.3 Å². The molecule has 1 aliphatic rings. The van der Waals surface area contributed by atoms with Gasteiger partial charge in [-0.3, -0.25) is 4.79 Å². The van der Waals surface area contributed by atoms with Crippen LogP contribution in [0.2, 0.25) is 0 Å². The van der Waals surface area contributed by atoms with Crippen LogP contribution in [0, 0.1) is 5.41 Å². The average Bonchev–Trinajstić information content (AvgIpc) is 2.96. The van der Waals surface area contributed by atoms with Crippen LogP contribution in [0.1, 0.15) is 39.5 Å². The van der Waals surface area contributed by atoms with Gasteiger partial charge in [0.25, 0.3) is 0 Å². The topological polar surface area (TPSA) is 86.6 Å². The molecule has 0 aromatic rings. The zero-order chi connectivity index (χ0) is 12.4. The van der Waals surface area contributed by atoms with Gasteiger partial charge in [0.15, 0.2) is 5.60 Å². The van der Waals surface area contributed by atoms with Crippen LogP contribution in [0.15, 0.2) is 0 Å². The lowest BCUT2D eigenvalue weighted by Gasteiger charge is -2.21. The smallest absolute Gasteiger partial charge is 0.337 e. The molecule has 1 unspecified atom stereocenters. The first-order valence-electron chi connectivity index (χ1n) is 5.58. The van der Waals surface area contributed by atoms with Crippen molar-refractivity contribution in [1.82, 2.24) is 5.32 Å². The van der Waals surface area contributed by atoms with Crippen LogP contribution in [-0.2, 0) is 9.59 Å². The third-order valence-corrected chi connectivity index (χ3v) is 3.12. The van der Waals surface area contributed by atoms with Crippen LogP contribution in [0.4, 0.5) is 0 Å². The van der Waals surface area contributed by atoms with Crippen molar-refractivity contribution in [2.24, 2.45) is 5.41 Å². The molecule has 1 aliphatic carbocycles. The van der Waals surface area contributed by atoms with Crippen LogP contribution in [0.25, 0.3) is 0 Å². The van der Waals surface area contributed by atoms with Crippen molar-refractivity contribution >= 4 is 11.9 Å². The molecule has 5 heteroatoms. The van der Waals surface area contributed by atoms with Gasteiger partial charge in [0.2, 0.25) is 5.91 Å². The van der Waals surface area contributed by atoms with Gasteiger partial charge in [-0.25, -0.2) is 4.79 Å². The molecule has 16 heavy (non-hydrogen) atoms. The summed E-state index contributed by atoms with van der Waals surface area (Å²) >= 11 is 0. The van der Waals surface area contributed by atoms with E-state index in [0.29, 0.717) is 0 Å². The Morgan fingerprint density at radius 1 is 1.44 bits per heavy atom.